The number of hydrogen-bond donors (Lipinski definition) is 1. The maximum atomic E-state index is 13.5. The molecule has 7 nitrogen and oxygen atoms in total. The van der Waals surface area contributed by atoms with Crippen molar-refractivity contribution in [2.75, 3.05) is 10.2 Å². The van der Waals surface area contributed by atoms with Gasteiger partial charge in [0.1, 0.15) is 12.4 Å². The molecule has 8 heteroatoms. The van der Waals surface area contributed by atoms with E-state index in [-0.39, 0.29) is 24.8 Å². The third kappa shape index (κ3) is 4.85. The van der Waals surface area contributed by atoms with Gasteiger partial charge in [0.05, 0.1) is 17.6 Å². The summed E-state index contributed by atoms with van der Waals surface area (Å²) in [7, 11) is 0. The number of benzene rings is 3. The molecule has 0 atom stereocenters. The fourth-order valence-electron chi connectivity index (χ4n) is 3.71. The van der Waals surface area contributed by atoms with Gasteiger partial charge < -0.3 is 5.32 Å². The van der Waals surface area contributed by atoms with Crippen LogP contribution in [-0.4, -0.2) is 21.4 Å². The van der Waals surface area contributed by atoms with E-state index in [4.69, 9.17) is 0 Å². The Balaban J connectivity index is 1.74. The van der Waals surface area contributed by atoms with Crippen molar-refractivity contribution in [2.45, 2.75) is 26.9 Å². The first-order valence-corrected chi connectivity index (χ1v) is 10.7. The molecule has 34 heavy (non-hydrogen) atoms. The van der Waals surface area contributed by atoms with Crippen LogP contribution in [0.2, 0.25) is 0 Å². The lowest BCUT2D eigenvalue weighted by molar-refractivity contribution is -0.117. The van der Waals surface area contributed by atoms with Crippen molar-refractivity contribution < 1.29 is 14.0 Å². The van der Waals surface area contributed by atoms with Crippen LogP contribution in [0.5, 0.6) is 0 Å². The lowest BCUT2D eigenvalue weighted by atomic mass is 10.2. The number of aromatic nitrogens is 2. The second kappa shape index (κ2) is 9.66. The highest BCUT2D eigenvalue weighted by Gasteiger charge is 2.22. The van der Waals surface area contributed by atoms with E-state index in [0.29, 0.717) is 22.3 Å². The molecule has 0 fully saturated rings. The second-order valence-electron chi connectivity index (χ2n) is 7.91. The highest BCUT2D eigenvalue weighted by atomic mass is 19.1. The van der Waals surface area contributed by atoms with Crippen LogP contribution in [0.15, 0.2) is 77.6 Å². The number of carbonyl (C=O) groups is 2. The molecule has 0 radical (unpaired) electrons. The molecule has 4 rings (SSSR count). The number of carbonyl (C=O) groups excluding carboxylic acids is 2. The first kappa shape index (κ1) is 22.8. The number of para-hydroxylation sites is 2. The molecule has 0 unspecified atom stereocenters. The van der Waals surface area contributed by atoms with Crippen LogP contribution in [0, 0.1) is 12.7 Å². The summed E-state index contributed by atoms with van der Waals surface area (Å²) in [6, 6.07) is 20.2. The Bertz CT molecular complexity index is 1430. The number of amides is 2. The molecule has 0 aliphatic rings. The van der Waals surface area contributed by atoms with E-state index in [1.165, 1.54) is 34.6 Å². The summed E-state index contributed by atoms with van der Waals surface area (Å²) in [6.07, 6.45) is 0. The van der Waals surface area contributed by atoms with E-state index in [1.54, 1.807) is 31.2 Å². The van der Waals surface area contributed by atoms with Gasteiger partial charge in [0.15, 0.2) is 0 Å². The minimum atomic E-state index is -0.559. The maximum absolute atomic E-state index is 13.5. The molecule has 172 valence electrons. The van der Waals surface area contributed by atoms with Gasteiger partial charge in [-0.2, -0.15) is 0 Å². The van der Waals surface area contributed by atoms with Gasteiger partial charge in [0.25, 0.3) is 5.56 Å². The molecule has 1 aromatic heterocycles. The highest BCUT2D eigenvalue weighted by Crippen LogP contribution is 2.19. The number of aryl methyl sites for hydroxylation is 1. The van der Waals surface area contributed by atoms with Crippen LogP contribution in [0.1, 0.15) is 18.1 Å². The quantitative estimate of drug-likeness (QED) is 0.473. The molecule has 4 aromatic rings. The van der Waals surface area contributed by atoms with Gasteiger partial charge in [0.2, 0.25) is 17.6 Å². The molecule has 1 heterocycles. The van der Waals surface area contributed by atoms with Crippen molar-refractivity contribution in [3.8, 4) is 0 Å². The predicted molar refractivity (Wildman–Crippen MR) is 129 cm³/mol. The number of hydrogen-bond acceptors (Lipinski definition) is 4. The van der Waals surface area contributed by atoms with Gasteiger partial charge in [-0.3, -0.25) is 23.9 Å². The van der Waals surface area contributed by atoms with Crippen molar-refractivity contribution in [1.82, 2.24) is 9.55 Å². The van der Waals surface area contributed by atoms with E-state index in [1.807, 2.05) is 30.3 Å². The zero-order valence-corrected chi connectivity index (χ0v) is 18.8. The molecular weight excluding hydrogens is 435 g/mol. The number of nitrogens with one attached hydrogen (secondary N) is 1. The zero-order valence-electron chi connectivity index (χ0n) is 18.8. The fraction of sp³-hybridized carbons (Fsp3) is 0.154. The largest absolute Gasteiger partial charge is 0.324 e. The summed E-state index contributed by atoms with van der Waals surface area (Å²) in [5.41, 5.74) is 2.23. The second-order valence-corrected chi connectivity index (χ2v) is 7.91. The lowest BCUT2D eigenvalue weighted by Gasteiger charge is -2.21. The van der Waals surface area contributed by atoms with Crippen LogP contribution in [0.4, 0.5) is 15.9 Å². The van der Waals surface area contributed by atoms with Gasteiger partial charge in [-0.05, 0) is 48.4 Å². The number of nitrogens with zero attached hydrogens (tertiary/aromatic N) is 3. The average Bonchev–Trinajstić information content (AvgIpc) is 2.82. The molecule has 0 aliphatic carbocycles. The van der Waals surface area contributed by atoms with Gasteiger partial charge in [-0.1, -0.05) is 42.5 Å². The summed E-state index contributed by atoms with van der Waals surface area (Å²) >= 11 is 0. The van der Waals surface area contributed by atoms with E-state index in [2.05, 4.69) is 10.3 Å². The Morgan fingerprint density at radius 2 is 1.74 bits per heavy atom. The minimum Gasteiger partial charge on any atom is -0.324 e. The highest BCUT2D eigenvalue weighted by molar-refractivity contribution is 5.93. The van der Waals surface area contributed by atoms with Crippen molar-refractivity contribution in [2.24, 2.45) is 0 Å². The number of fused-ring (bicyclic) bond motifs is 1. The monoisotopic (exact) mass is 458 g/mol. The van der Waals surface area contributed by atoms with Crippen molar-refractivity contribution in [1.29, 1.82) is 0 Å². The van der Waals surface area contributed by atoms with Crippen LogP contribution in [0.25, 0.3) is 11.0 Å². The van der Waals surface area contributed by atoms with Gasteiger partial charge in [0, 0.05) is 12.6 Å². The van der Waals surface area contributed by atoms with E-state index in [0.717, 1.165) is 5.56 Å². The molecular formula is C26H23FN4O3. The van der Waals surface area contributed by atoms with Crippen LogP contribution < -0.4 is 15.8 Å². The maximum Gasteiger partial charge on any atom is 0.294 e. The Kier molecular flexibility index (Phi) is 6.49. The van der Waals surface area contributed by atoms with E-state index in [9.17, 15) is 18.8 Å². The summed E-state index contributed by atoms with van der Waals surface area (Å²) in [5.74, 6) is -1.27. The molecule has 0 spiro atoms. The third-order valence-corrected chi connectivity index (χ3v) is 5.42. The number of rotatable bonds is 6. The molecule has 2 amide bonds. The Morgan fingerprint density at radius 1 is 1.03 bits per heavy atom. The van der Waals surface area contributed by atoms with Crippen molar-refractivity contribution in [3.05, 3.63) is 100 Å². The summed E-state index contributed by atoms with van der Waals surface area (Å²) in [6.45, 7) is 2.91. The SMILES string of the molecule is CC(=O)N(Cc1ccccc1)c1nc2ccccc2n(CC(=O)Nc2ccc(F)cc2C)c1=O. The molecule has 3 aromatic carbocycles. The normalized spacial score (nSPS) is 10.8. The summed E-state index contributed by atoms with van der Waals surface area (Å²) in [4.78, 5) is 44.6. The van der Waals surface area contributed by atoms with E-state index >= 15 is 0 Å². The van der Waals surface area contributed by atoms with Crippen molar-refractivity contribution in [3.63, 3.8) is 0 Å². The molecule has 0 aliphatic heterocycles. The average molecular weight is 458 g/mol. The molecule has 0 saturated carbocycles. The standard InChI is InChI=1S/C26H23FN4O3/c1-17-14-20(27)12-13-21(17)28-24(33)16-31-23-11-7-6-10-22(23)29-25(26(31)34)30(18(2)32)15-19-8-4-3-5-9-19/h3-14H,15-16H2,1-2H3,(H,28,33). The Hall–Kier alpha value is -4.33. The topological polar surface area (TPSA) is 84.3 Å². The zero-order chi connectivity index (χ0) is 24.2. The number of halogens is 1. The first-order valence-electron chi connectivity index (χ1n) is 10.7. The Morgan fingerprint density at radius 3 is 2.44 bits per heavy atom. The van der Waals surface area contributed by atoms with E-state index < -0.39 is 17.3 Å². The Labute approximate surface area is 195 Å². The van der Waals surface area contributed by atoms with Gasteiger partial charge in [-0.25, -0.2) is 9.37 Å². The smallest absolute Gasteiger partial charge is 0.294 e. The van der Waals surface area contributed by atoms with Crippen LogP contribution in [-0.2, 0) is 22.7 Å². The van der Waals surface area contributed by atoms with Gasteiger partial charge in [-0.15, -0.1) is 0 Å². The third-order valence-electron chi connectivity index (χ3n) is 5.42. The summed E-state index contributed by atoms with van der Waals surface area (Å²) in [5, 5.41) is 2.72. The fourth-order valence-corrected chi connectivity index (χ4v) is 3.71. The molecule has 0 bridgehead atoms. The molecule has 1 N–H and O–H groups in total. The first-order chi connectivity index (χ1) is 16.3. The molecule has 0 saturated heterocycles. The lowest BCUT2D eigenvalue weighted by Crippen LogP contribution is -2.38. The number of anilines is 2. The van der Waals surface area contributed by atoms with Crippen molar-refractivity contribution >= 4 is 34.4 Å². The minimum absolute atomic E-state index is 0.0548. The van der Waals surface area contributed by atoms with Gasteiger partial charge >= 0.3 is 0 Å². The summed E-state index contributed by atoms with van der Waals surface area (Å²) < 4.78 is 14.7. The van der Waals surface area contributed by atoms with Crippen LogP contribution in [0.3, 0.4) is 0 Å². The van der Waals surface area contributed by atoms with Crippen LogP contribution >= 0.6 is 0 Å². The predicted octanol–water partition coefficient (Wildman–Crippen LogP) is 4.04.